The first-order valence-electron chi connectivity index (χ1n) is 15.4. The molecule has 0 bridgehead atoms. The summed E-state index contributed by atoms with van der Waals surface area (Å²) in [7, 11) is 0. The Morgan fingerprint density at radius 2 is 0.889 bits per heavy atom. The molecule has 0 atom stereocenters. The van der Waals surface area contributed by atoms with Crippen LogP contribution in [0.25, 0.3) is 0 Å². The van der Waals surface area contributed by atoms with Crippen LogP contribution in [0.15, 0.2) is 48.5 Å². The number of hydrogen-bond acceptors (Lipinski definition) is 0. The van der Waals surface area contributed by atoms with Crippen molar-refractivity contribution in [2.45, 2.75) is 140 Å². The Bertz CT molecular complexity index is 1070. The third-order valence-electron chi connectivity index (χ3n) is 6.79. The van der Waals surface area contributed by atoms with Crippen LogP contribution in [0, 0.1) is 41.9 Å². The molecule has 0 N–H and O–H groups in total. The normalized spacial score (nSPS) is 14.8. The first kappa shape index (κ1) is 50.2. The van der Waals surface area contributed by atoms with Gasteiger partial charge in [-0.3, -0.25) is 0 Å². The van der Waals surface area contributed by atoms with E-state index in [0.717, 1.165) is 22.3 Å². The van der Waals surface area contributed by atoms with Crippen LogP contribution in [0.3, 0.4) is 0 Å². The summed E-state index contributed by atoms with van der Waals surface area (Å²) in [6.45, 7) is 21.9. The number of hydrogen-bond donors (Lipinski definition) is 0. The third kappa shape index (κ3) is 25.2. The molecule has 0 heterocycles. The number of halogens is 4. The van der Waals surface area contributed by atoms with Gasteiger partial charge in [0.05, 0.1) is 0 Å². The minimum atomic E-state index is -2.81. The predicted octanol–water partition coefficient (Wildman–Crippen LogP) is 13.0. The van der Waals surface area contributed by atoms with Crippen molar-refractivity contribution in [3.63, 3.8) is 0 Å². The average Bonchev–Trinajstić information content (AvgIpc) is 2.91. The molecule has 2 aromatic carbocycles. The fraction of sp³-hybridized carbons (Fsp3) is 0.575. The van der Waals surface area contributed by atoms with Crippen molar-refractivity contribution >= 4 is 0 Å². The Morgan fingerprint density at radius 1 is 0.622 bits per heavy atom. The summed E-state index contributed by atoms with van der Waals surface area (Å²) in [4.78, 5) is 0. The molecular formula is C40H61F4Y-. The fourth-order valence-corrected chi connectivity index (χ4v) is 3.16. The maximum atomic E-state index is 13.0. The van der Waals surface area contributed by atoms with Crippen molar-refractivity contribution in [1.29, 1.82) is 0 Å². The van der Waals surface area contributed by atoms with Gasteiger partial charge in [0.25, 0.3) is 0 Å². The van der Waals surface area contributed by atoms with E-state index < -0.39 is 11.8 Å². The van der Waals surface area contributed by atoms with Crippen LogP contribution in [0.1, 0.15) is 137 Å². The summed E-state index contributed by atoms with van der Waals surface area (Å²) in [6.07, 6.45) is 4.67. The summed E-state index contributed by atoms with van der Waals surface area (Å²) in [5.41, 5.74) is 4.73. The maximum Gasteiger partial charge on any atom is 0.308 e. The van der Waals surface area contributed by atoms with Crippen LogP contribution in [0.2, 0.25) is 0 Å². The Morgan fingerprint density at radius 3 is 1.16 bits per heavy atom. The summed E-state index contributed by atoms with van der Waals surface area (Å²) < 4.78 is 51.9. The van der Waals surface area contributed by atoms with E-state index in [4.69, 9.17) is 0 Å². The van der Waals surface area contributed by atoms with E-state index in [2.05, 4.69) is 67.2 Å². The van der Waals surface area contributed by atoms with Crippen LogP contribution >= 0.6 is 0 Å². The molecule has 2 aliphatic rings. The minimum absolute atomic E-state index is 0. The molecule has 4 rings (SSSR count). The van der Waals surface area contributed by atoms with Crippen molar-refractivity contribution in [3.8, 4) is 23.7 Å². The van der Waals surface area contributed by atoms with Gasteiger partial charge < -0.3 is 7.43 Å². The van der Waals surface area contributed by atoms with Crippen molar-refractivity contribution < 1.29 is 50.3 Å². The summed E-state index contributed by atoms with van der Waals surface area (Å²) >= 11 is 0. The van der Waals surface area contributed by atoms with Crippen molar-refractivity contribution in [2.24, 2.45) is 10.8 Å². The number of benzene rings is 2. The quantitative estimate of drug-likeness (QED) is 0.145. The fourth-order valence-electron chi connectivity index (χ4n) is 3.16. The molecule has 1 radical (unpaired) electrons. The monoisotopic (exact) mass is 706 g/mol. The van der Waals surface area contributed by atoms with Crippen LogP contribution in [0.5, 0.6) is 0 Å². The molecule has 253 valence electrons. The first-order chi connectivity index (χ1) is 19.5. The summed E-state index contributed by atoms with van der Waals surface area (Å²) in [5.74, 6) is 3.55. The molecule has 0 spiro atoms. The largest absolute Gasteiger partial charge is 0.358 e. The molecular weight excluding hydrogens is 645 g/mol. The van der Waals surface area contributed by atoms with Crippen LogP contribution in [0.4, 0.5) is 17.6 Å². The Hall–Kier alpha value is -1.62. The third-order valence-corrected chi connectivity index (χ3v) is 6.79. The van der Waals surface area contributed by atoms with E-state index in [1.54, 1.807) is 12.1 Å². The topological polar surface area (TPSA) is 0 Å². The Labute approximate surface area is 301 Å². The molecule has 2 aliphatic carbocycles. The van der Waals surface area contributed by atoms with E-state index in [0.29, 0.717) is 36.5 Å². The maximum absolute atomic E-state index is 13.0. The van der Waals surface area contributed by atoms with Crippen LogP contribution < -0.4 is 0 Å². The SMILES string of the molecule is C.CC.CCC(C)(C)C.CCC(C)(C)C.FC1(F)C#Cc2ccccc2CCC1.FC1(F)C#Cc2ccccc2CCC1.[CH3-].[Y]. The second-order valence-electron chi connectivity index (χ2n) is 12.8. The van der Waals surface area contributed by atoms with E-state index in [9.17, 15) is 17.6 Å². The molecule has 0 aromatic heterocycles. The minimum Gasteiger partial charge on any atom is -0.358 e. The second kappa shape index (κ2) is 24.5. The van der Waals surface area contributed by atoms with Gasteiger partial charge in [-0.2, -0.15) is 17.6 Å². The van der Waals surface area contributed by atoms with E-state index in [1.807, 2.05) is 62.1 Å². The summed E-state index contributed by atoms with van der Waals surface area (Å²) in [5, 5.41) is 0. The second-order valence-corrected chi connectivity index (χ2v) is 12.8. The number of fused-ring (bicyclic) bond motifs is 2. The molecule has 0 saturated heterocycles. The van der Waals surface area contributed by atoms with Crippen molar-refractivity contribution in [1.82, 2.24) is 0 Å². The molecule has 0 unspecified atom stereocenters. The Kier molecular flexibility index (Phi) is 27.4. The van der Waals surface area contributed by atoms with Crippen LogP contribution in [-0.4, -0.2) is 11.8 Å². The number of rotatable bonds is 0. The van der Waals surface area contributed by atoms with Crippen molar-refractivity contribution in [3.05, 3.63) is 78.2 Å². The molecule has 45 heavy (non-hydrogen) atoms. The van der Waals surface area contributed by atoms with Gasteiger partial charge in [-0.05, 0) is 71.6 Å². The predicted molar refractivity (Wildman–Crippen MR) is 186 cm³/mol. The van der Waals surface area contributed by atoms with Gasteiger partial charge >= 0.3 is 11.8 Å². The molecule has 0 saturated carbocycles. The smallest absolute Gasteiger partial charge is 0.308 e. The van der Waals surface area contributed by atoms with Gasteiger partial charge in [-0.15, -0.1) is 0 Å². The van der Waals surface area contributed by atoms with E-state index in [1.165, 1.54) is 12.8 Å². The standard InChI is InChI=1S/2C12H10F2.2C6H14.C2H6.CH4.CH3.Y/c2*13-12(14)8-3-6-10-4-1-2-5-11(10)7-9-12;2*1-5-6(2,3)4;1-2;;;/h2*1-2,4-5H,3,6,8H2;2*5H2,1-4H3;1-2H3;1H4;1H3;/q;;;;;;-1;. The van der Waals surface area contributed by atoms with Gasteiger partial charge in [-0.1, -0.05) is 138 Å². The Balaban J connectivity index is -0.000000256. The molecule has 0 amide bonds. The van der Waals surface area contributed by atoms with Gasteiger partial charge in [0.1, 0.15) is 0 Å². The van der Waals surface area contributed by atoms with Gasteiger partial charge in [0.15, 0.2) is 0 Å². The van der Waals surface area contributed by atoms with E-state index >= 15 is 0 Å². The molecule has 0 fully saturated rings. The molecule has 0 aliphatic heterocycles. The number of aryl methyl sites for hydroxylation is 2. The molecule has 5 heteroatoms. The zero-order chi connectivity index (χ0) is 32.5. The average molecular weight is 707 g/mol. The zero-order valence-electron chi connectivity index (χ0n) is 29.4. The summed E-state index contributed by atoms with van der Waals surface area (Å²) in [6, 6.07) is 15.0. The van der Waals surface area contributed by atoms with E-state index in [-0.39, 0.29) is 60.4 Å². The number of alkyl halides is 4. The first-order valence-corrected chi connectivity index (χ1v) is 15.4. The van der Waals surface area contributed by atoms with Gasteiger partial charge in [0.2, 0.25) is 0 Å². The molecule has 2 aromatic rings. The zero-order valence-corrected chi connectivity index (χ0v) is 32.2. The van der Waals surface area contributed by atoms with Gasteiger partial charge in [0, 0.05) is 56.7 Å². The van der Waals surface area contributed by atoms with Crippen LogP contribution in [-0.2, 0) is 45.6 Å². The van der Waals surface area contributed by atoms with Gasteiger partial charge in [-0.25, -0.2) is 0 Å². The van der Waals surface area contributed by atoms with Crippen molar-refractivity contribution in [2.75, 3.05) is 0 Å². The molecule has 0 nitrogen and oxygen atoms in total.